The molecule has 66 valence electrons. The molecule has 0 bridgehead atoms. The van der Waals surface area contributed by atoms with Crippen molar-refractivity contribution in [2.24, 2.45) is 0 Å². The minimum absolute atomic E-state index is 0.248. The quantitative estimate of drug-likeness (QED) is 0.574. The molecular formula is C10H9NOS. The summed E-state index contributed by atoms with van der Waals surface area (Å²) in [4.78, 5) is 11.3. The zero-order valence-electron chi connectivity index (χ0n) is 7.19. The van der Waals surface area contributed by atoms with Crippen LogP contribution in [0.25, 0.3) is 0 Å². The van der Waals surface area contributed by atoms with E-state index in [2.05, 4.69) is 12.6 Å². The van der Waals surface area contributed by atoms with Gasteiger partial charge in [-0.15, -0.1) is 12.6 Å². The normalized spacial score (nSPS) is 11.8. The summed E-state index contributed by atoms with van der Waals surface area (Å²) in [5, 5.41) is 8.76. The lowest BCUT2D eigenvalue weighted by Gasteiger charge is -2.06. The molecule has 13 heavy (non-hydrogen) atoms. The van der Waals surface area contributed by atoms with Gasteiger partial charge in [0.25, 0.3) is 0 Å². The number of aldehydes is 1. The van der Waals surface area contributed by atoms with Gasteiger partial charge in [-0.05, 0) is 23.8 Å². The fraction of sp³-hybridized carbons (Fsp3) is 0.200. The highest BCUT2D eigenvalue weighted by molar-refractivity contribution is 7.80. The fourth-order valence-corrected chi connectivity index (χ4v) is 1.32. The molecule has 0 aliphatic heterocycles. The van der Waals surface area contributed by atoms with Gasteiger partial charge >= 0.3 is 0 Å². The van der Waals surface area contributed by atoms with Crippen LogP contribution >= 0.6 is 12.6 Å². The van der Waals surface area contributed by atoms with Crippen molar-refractivity contribution in [3.05, 3.63) is 29.3 Å². The number of carbonyl (C=O) groups excluding carboxylic acids is 1. The summed E-state index contributed by atoms with van der Waals surface area (Å²) in [5.41, 5.74) is 1.28. The molecule has 0 fully saturated rings. The Morgan fingerprint density at radius 2 is 2.31 bits per heavy atom. The number of carbonyl (C=O) groups is 1. The molecular weight excluding hydrogens is 182 g/mol. The van der Waals surface area contributed by atoms with Gasteiger partial charge in [-0.1, -0.05) is 6.92 Å². The zero-order valence-corrected chi connectivity index (χ0v) is 8.08. The standard InChI is InChI=1S/C10H9NOS/c1-7(6-12)10-4-9(13)3-2-8(10)5-11/h2-4,6-7,13H,1H3. The average molecular weight is 191 g/mol. The van der Waals surface area contributed by atoms with E-state index in [1.165, 1.54) is 0 Å². The molecule has 0 N–H and O–H groups in total. The Bertz CT molecular complexity index is 368. The lowest BCUT2D eigenvalue weighted by atomic mass is 9.98. The Morgan fingerprint density at radius 1 is 1.62 bits per heavy atom. The van der Waals surface area contributed by atoms with Crippen LogP contribution in [-0.4, -0.2) is 6.29 Å². The van der Waals surface area contributed by atoms with Crippen LogP contribution in [0.5, 0.6) is 0 Å². The Kier molecular flexibility index (Phi) is 3.10. The van der Waals surface area contributed by atoms with Crippen LogP contribution in [0.3, 0.4) is 0 Å². The molecule has 1 rings (SSSR count). The van der Waals surface area contributed by atoms with Gasteiger partial charge in [0.15, 0.2) is 0 Å². The number of rotatable bonds is 2. The van der Waals surface area contributed by atoms with E-state index in [1.807, 2.05) is 6.07 Å². The van der Waals surface area contributed by atoms with Gasteiger partial charge in [0.2, 0.25) is 0 Å². The summed E-state index contributed by atoms with van der Waals surface area (Å²) in [5.74, 6) is -0.248. The first-order valence-corrected chi connectivity index (χ1v) is 4.32. The maximum Gasteiger partial charge on any atom is 0.127 e. The van der Waals surface area contributed by atoms with Crippen molar-refractivity contribution in [2.45, 2.75) is 17.7 Å². The minimum atomic E-state index is -0.248. The Hall–Kier alpha value is -1.27. The third kappa shape index (κ3) is 2.10. The van der Waals surface area contributed by atoms with Crippen molar-refractivity contribution >= 4 is 18.9 Å². The van der Waals surface area contributed by atoms with E-state index in [1.54, 1.807) is 25.1 Å². The number of hydrogen-bond donors (Lipinski definition) is 1. The molecule has 3 heteroatoms. The summed E-state index contributed by atoms with van der Waals surface area (Å²) in [6.07, 6.45) is 0.823. The van der Waals surface area contributed by atoms with Crippen molar-refractivity contribution in [1.29, 1.82) is 5.26 Å². The van der Waals surface area contributed by atoms with Gasteiger partial charge in [0, 0.05) is 10.8 Å². The van der Waals surface area contributed by atoms with Crippen LogP contribution in [0.4, 0.5) is 0 Å². The molecule has 0 radical (unpaired) electrons. The van der Waals surface area contributed by atoms with E-state index in [0.717, 1.165) is 16.7 Å². The first-order valence-electron chi connectivity index (χ1n) is 3.87. The summed E-state index contributed by atoms with van der Waals surface area (Å²) in [6, 6.07) is 7.21. The molecule has 1 aromatic carbocycles. The second-order valence-electron chi connectivity index (χ2n) is 2.81. The van der Waals surface area contributed by atoms with Crippen LogP contribution in [-0.2, 0) is 4.79 Å². The number of nitriles is 1. The number of benzene rings is 1. The van der Waals surface area contributed by atoms with Crippen molar-refractivity contribution in [3.8, 4) is 6.07 Å². The number of thiol groups is 1. The Morgan fingerprint density at radius 3 is 2.85 bits per heavy atom. The third-order valence-electron chi connectivity index (χ3n) is 1.85. The topological polar surface area (TPSA) is 40.9 Å². The molecule has 0 saturated carbocycles. The van der Waals surface area contributed by atoms with Gasteiger partial charge in [0.05, 0.1) is 11.6 Å². The molecule has 1 unspecified atom stereocenters. The summed E-state index contributed by atoms with van der Waals surface area (Å²) < 4.78 is 0. The van der Waals surface area contributed by atoms with Gasteiger partial charge < -0.3 is 4.79 Å². The van der Waals surface area contributed by atoms with Crippen LogP contribution in [0.2, 0.25) is 0 Å². The maximum absolute atomic E-state index is 10.6. The van der Waals surface area contributed by atoms with Gasteiger partial charge in [-0.2, -0.15) is 5.26 Å². The molecule has 1 atom stereocenters. The molecule has 2 nitrogen and oxygen atoms in total. The lowest BCUT2D eigenvalue weighted by Crippen LogP contribution is -1.97. The van der Waals surface area contributed by atoms with E-state index in [4.69, 9.17) is 5.26 Å². The predicted octanol–water partition coefficient (Wildman–Crippen LogP) is 2.15. The van der Waals surface area contributed by atoms with E-state index in [-0.39, 0.29) is 5.92 Å². The third-order valence-corrected chi connectivity index (χ3v) is 2.13. The van der Waals surface area contributed by atoms with Crippen LogP contribution in [0.1, 0.15) is 24.0 Å². The van der Waals surface area contributed by atoms with Crippen molar-refractivity contribution in [2.75, 3.05) is 0 Å². The summed E-state index contributed by atoms with van der Waals surface area (Å²) in [6.45, 7) is 1.76. The summed E-state index contributed by atoms with van der Waals surface area (Å²) >= 11 is 4.15. The largest absolute Gasteiger partial charge is 0.303 e. The van der Waals surface area contributed by atoms with Crippen molar-refractivity contribution in [1.82, 2.24) is 0 Å². The van der Waals surface area contributed by atoms with Crippen LogP contribution in [0.15, 0.2) is 23.1 Å². The number of nitrogens with zero attached hydrogens (tertiary/aromatic N) is 1. The highest BCUT2D eigenvalue weighted by Gasteiger charge is 2.09. The lowest BCUT2D eigenvalue weighted by molar-refractivity contribution is -0.108. The first kappa shape index (κ1) is 9.82. The van der Waals surface area contributed by atoms with Crippen LogP contribution < -0.4 is 0 Å². The minimum Gasteiger partial charge on any atom is -0.303 e. The highest BCUT2D eigenvalue weighted by Crippen LogP contribution is 2.20. The van der Waals surface area contributed by atoms with Crippen molar-refractivity contribution < 1.29 is 4.79 Å². The van der Waals surface area contributed by atoms with E-state index in [9.17, 15) is 4.79 Å². The maximum atomic E-state index is 10.6. The molecule has 0 aliphatic carbocycles. The molecule has 0 aliphatic rings. The predicted molar refractivity (Wildman–Crippen MR) is 52.9 cm³/mol. The van der Waals surface area contributed by atoms with Gasteiger partial charge in [0.1, 0.15) is 6.29 Å². The average Bonchev–Trinajstić information content (AvgIpc) is 2.16. The molecule has 0 spiro atoms. The second-order valence-corrected chi connectivity index (χ2v) is 3.32. The molecule has 0 amide bonds. The van der Waals surface area contributed by atoms with E-state index < -0.39 is 0 Å². The van der Waals surface area contributed by atoms with Crippen LogP contribution in [0, 0.1) is 11.3 Å². The second kappa shape index (κ2) is 4.11. The van der Waals surface area contributed by atoms with Gasteiger partial charge in [-0.3, -0.25) is 0 Å². The highest BCUT2D eigenvalue weighted by atomic mass is 32.1. The first-order chi connectivity index (χ1) is 6.19. The number of hydrogen-bond acceptors (Lipinski definition) is 3. The Labute approximate surface area is 82.6 Å². The zero-order chi connectivity index (χ0) is 9.84. The summed E-state index contributed by atoms with van der Waals surface area (Å²) in [7, 11) is 0. The van der Waals surface area contributed by atoms with E-state index >= 15 is 0 Å². The molecule has 0 aromatic heterocycles. The molecule has 0 heterocycles. The smallest absolute Gasteiger partial charge is 0.127 e. The molecule has 1 aromatic rings. The SMILES string of the molecule is CC(C=O)c1cc(S)ccc1C#N. The Balaban J connectivity index is 3.25. The van der Waals surface area contributed by atoms with E-state index in [0.29, 0.717) is 5.56 Å². The monoisotopic (exact) mass is 191 g/mol. The fourth-order valence-electron chi connectivity index (χ4n) is 1.10. The van der Waals surface area contributed by atoms with Gasteiger partial charge in [-0.25, -0.2) is 0 Å². The molecule has 0 saturated heterocycles. The van der Waals surface area contributed by atoms with Crippen molar-refractivity contribution in [3.63, 3.8) is 0 Å².